The van der Waals surface area contributed by atoms with Crippen LogP contribution < -0.4 is 10.2 Å². The van der Waals surface area contributed by atoms with Gasteiger partial charge in [0.25, 0.3) is 5.69 Å². The number of nitrogens with one attached hydrogen (secondary N) is 2. The first kappa shape index (κ1) is 13.4. The number of nitrogens with zero attached hydrogens (tertiary/aromatic N) is 1. The van der Waals surface area contributed by atoms with E-state index in [4.69, 9.17) is 0 Å². The first-order chi connectivity index (χ1) is 9.06. The molecular formula is C11H10FN3O3S. The molecule has 6 nitrogen and oxygen atoms in total. The van der Waals surface area contributed by atoms with Gasteiger partial charge in [-0.05, 0) is 12.1 Å². The number of rotatable bonds is 5. The summed E-state index contributed by atoms with van der Waals surface area (Å²) in [5, 5.41) is 15.4. The van der Waals surface area contributed by atoms with Crippen LogP contribution in [0.5, 0.6) is 0 Å². The number of aromatic nitrogens is 1. The van der Waals surface area contributed by atoms with Crippen molar-refractivity contribution in [2.75, 3.05) is 0 Å². The number of hydrogen-bond acceptors (Lipinski definition) is 5. The molecule has 1 aromatic carbocycles. The predicted octanol–water partition coefficient (Wildman–Crippen LogP) is 1.77. The van der Waals surface area contributed by atoms with Crippen LogP contribution in [-0.4, -0.2) is 9.91 Å². The molecule has 1 aromatic heterocycles. The number of nitro benzene ring substituents is 1. The molecule has 0 aliphatic carbocycles. The molecule has 0 saturated carbocycles. The van der Waals surface area contributed by atoms with Crippen LogP contribution in [0.1, 0.15) is 11.3 Å². The van der Waals surface area contributed by atoms with Gasteiger partial charge in [0.05, 0.1) is 4.92 Å². The topological polar surface area (TPSA) is 88.0 Å². The Balaban J connectivity index is 2.04. The fourth-order valence-corrected chi connectivity index (χ4v) is 2.19. The summed E-state index contributed by atoms with van der Waals surface area (Å²) < 4.78 is 13.1. The van der Waals surface area contributed by atoms with E-state index in [9.17, 15) is 19.3 Å². The van der Waals surface area contributed by atoms with Crippen LogP contribution in [0, 0.1) is 15.9 Å². The molecule has 0 atom stereocenters. The molecular weight excluding hydrogens is 273 g/mol. The van der Waals surface area contributed by atoms with E-state index in [1.54, 1.807) is 5.38 Å². The monoisotopic (exact) mass is 283 g/mol. The standard InChI is InChI=1S/C11H10FN3O3S/c12-8-1-2-10(15(17)18)7(3-8)4-13-5-9-6-19-11(16)14-9/h1-3,6,13H,4-5H2,(H,14,16). The third-order valence-corrected chi connectivity index (χ3v) is 3.16. The molecule has 19 heavy (non-hydrogen) atoms. The Labute approximate surface area is 111 Å². The molecule has 2 aromatic rings. The number of H-pyrrole nitrogens is 1. The van der Waals surface area contributed by atoms with Gasteiger partial charge in [-0.2, -0.15) is 0 Å². The first-order valence-electron chi connectivity index (χ1n) is 5.36. The lowest BCUT2D eigenvalue weighted by Gasteiger charge is -2.04. The van der Waals surface area contributed by atoms with Gasteiger partial charge in [-0.25, -0.2) is 4.39 Å². The smallest absolute Gasteiger partial charge is 0.304 e. The SMILES string of the molecule is O=c1[nH]c(CNCc2cc(F)ccc2[N+](=O)[O-])cs1. The number of halogens is 1. The fraction of sp³-hybridized carbons (Fsp3) is 0.182. The highest BCUT2D eigenvalue weighted by molar-refractivity contribution is 7.07. The Morgan fingerprint density at radius 3 is 2.84 bits per heavy atom. The van der Waals surface area contributed by atoms with Crippen LogP contribution in [-0.2, 0) is 13.1 Å². The maximum atomic E-state index is 13.1. The zero-order chi connectivity index (χ0) is 13.8. The maximum absolute atomic E-state index is 13.1. The minimum absolute atomic E-state index is 0.132. The summed E-state index contributed by atoms with van der Waals surface area (Å²) in [6.45, 7) is 0.498. The normalized spacial score (nSPS) is 10.6. The molecule has 0 spiro atoms. The van der Waals surface area contributed by atoms with Crippen molar-refractivity contribution in [1.29, 1.82) is 0 Å². The minimum atomic E-state index is -0.553. The van der Waals surface area contributed by atoms with Gasteiger partial charge in [-0.15, -0.1) is 0 Å². The van der Waals surface area contributed by atoms with Crippen LogP contribution in [0.15, 0.2) is 28.4 Å². The minimum Gasteiger partial charge on any atom is -0.315 e. The highest BCUT2D eigenvalue weighted by atomic mass is 32.1. The largest absolute Gasteiger partial charge is 0.315 e. The van der Waals surface area contributed by atoms with E-state index >= 15 is 0 Å². The molecule has 8 heteroatoms. The summed E-state index contributed by atoms with van der Waals surface area (Å²) in [6, 6.07) is 3.32. The highest BCUT2D eigenvalue weighted by Gasteiger charge is 2.13. The quantitative estimate of drug-likeness (QED) is 0.646. The molecule has 0 saturated heterocycles. The zero-order valence-electron chi connectivity index (χ0n) is 9.68. The predicted molar refractivity (Wildman–Crippen MR) is 68.5 cm³/mol. The third-order valence-electron chi connectivity index (χ3n) is 2.44. The molecule has 0 amide bonds. The van der Waals surface area contributed by atoms with E-state index < -0.39 is 10.7 Å². The fourth-order valence-electron chi connectivity index (χ4n) is 1.61. The van der Waals surface area contributed by atoms with Crippen molar-refractivity contribution in [2.45, 2.75) is 13.1 Å². The van der Waals surface area contributed by atoms with Gasteiger partial charge in [-0.1, -0.05) is 11.3 Å². The van der Waals surface area contributed by atoms with Crippen LogP contribution >= 0.6 is 11.3 Å². The van der Waals surface area contributed by atoms with Crippen LogP contribution in [0.2, 0.25) is 0 Å². The summed E-state index contributed by atoms with van der Waals surface area (Å²) >= 11 is 1.04. The second-order valence-corrected chi connectivity index (χ2v) is 4.65. The van der Waals surface area contributed by atoms with E-state index in [1.165, 1.54) is 0 Å². The van der Waals surface area contributed by atoms with Crippen LogP contribution in [0.25, 0.3) is 0 Å². The van der Waals surface area contributed by atoms with Gasteiger partial charge in [0, 0.05) is 35.8 Å². The Hall–Kier alpha value is -2.06. The highest BCUT2D eigenvalue weighted by Crippen LogP contribution is 2.19. The Morgan fingerprint density at radius 1 is 1.42 bits per heavy atom. The van der Waals surface area contributed by atoms with Gasteiger partial charge in [0.2, 0.25) is 0 Å². The number of benzene rings is 1. The van der Waals surface area contributed by atoms with Gasteiger partial charge in [-0.3, -0.25) is 14.9 Å². The van der Waals surface area contributed by atoms with Gasteiger partial charge in [0.1, 0.15) is 5.82 Å². The summed E-state index contributed by atoms with van der Waals surface area (Å²) in [6.07, 6.45) is 0. The summed E-state index contributed by atoms with van der Waals surface area (Å²) in [5.74, 6) is -0.522. The van der Waals surface area contributed by atoms with Crippen molar-refractivity contribution < 1.29 is 9.31 Å². The van der Waals surface area contributed by atoms with E-state index in [2.05, 4.69) is 10.3 Å². The third kappa shape index (κ3) is 3.46. The molecule has 100 valence electrons. The van der Waals surface area contributed by atoms with Crippen molar-refractivity contribution in [3.05, 3.63) is 60.4 Å². The molecule has 0 bridgehead atoms. The lowest BCUT2D eigenvalue weighted by atomic mass is 10.1. The van der Waals surface area contributed by atoms with E-state index in [0.29, 0.717) is 12.2 Å². The van der Waals surface area contributed by atoms with E-state index in [0.717, 1.165) is 29.5 Å². The second kappa shape index (κ2) is 5.72. The molecule has 2 N–H and O–H groups in total. The van der Waals surface area contributed by atoms with E-state index in [1.807, 2.05) is 0 Å². The number of nitro groups is 1. The van der Waals surface area contributed by atoms with E-state index in [-0.39, 0.29) is 22.7 Å². The number of aromatic amines is 1. The van der Waals surface area contributed by atoms with Crippen LogP contribution in [0.4, 0.5) is 10.1 Å². The Morgan fingerprint density at radius 2 is 2.21 bits per heavy atom. The van der Waals surface area contributed by atoms with Crippen LogP contribution in [0.3, 0.4) is 0 Å². The number of thiazole rings is 1. The zero-order valence-corrected chi connectivity index (χ0v) is 10.5. The molecule has 0 aliphatic rings. The molecule has 0 unspecified atom stereocenters. The van der Waals surface area contributed by atoms with Gasteiger partial charge >= 0.3 is 4.87 Å². The average molecular weight is 283 g/mol. The summed E-state index contributed by atoms with van der Waals surface area (Å²) in [4.78, 5) is 23.6. The van der Waals surface area contributed by atoms with Crippen molar-refractivity contribution >= 4 is 17.0 Å². The molecule has 2 rings (SSSR count). The lowest BCUT2D eigenvalue weighted by molar-refractivity contribution is -0.385. The molecule has 0 aliphatic heterocycles. The summed E-state index contributed by atoms with van der Waals surface area (Å²) in [7, 11) is 0. The van der Waals surface area contributed by atoms with Crippen molar-refractivity contribution in [1.82, 2.24) is 10.3 Å². The summed E-state index contributed by atoms with van der Waals surface area (Å²) in [5.41, 5.74) is 0.823. The Kier molecular flexibility index (Phi) is 4.03. The average Bonchev–Trinajstić information content (AvgIpc) is 2.75. The molecule has 0 radical (unpaired) electrons. The van der Waals surface area contributed by atoms with Gasteiger partial charge in [0.15, 0.2) is 0 Å². The molecule has 0 fully saturated rings. The lowest BCUT2D eigenvalue weighted by Crippen LogP contribution is -2.15. The Bertz CT molecular complexity index is 653. The first-order valence-corrected chi connectivity index (χ1v) is 6.24. The molecule has 1 heterocycles. The van der Waals surface area contributed by atoms with Crippen molar-refractivity contribution in [3.63, 3.8) is 0 Å². The number of hydrogen-bond donors (Lipinski definition) is 2. The van der Waals surface area contributed by atoms with Crippen molar-refractivity contribution in [3.8, 4) is 0 Å². The second-order valence-electron chi connectivity index (χ2n) is 3.81. The van der Waals surface area contributed by atoms with Gasteiger partial charge < -0.3 is 10.3 Å². The maximum Gasteiger partial charge on any atom is 0.304 e. The van der Waals surface area contributed by atoms with Crippen molar-refractivity contribution in [2.24, 2.45) is 0 Å².